The van der Waals surface area contributed by atoms with Crippen LogP contribution in [-0.4, -0.2) is 80.6 Å². The third-order valence-electron chi connectivity index (χ3n) is 3.88. The number of nitrogens with one attached hydrogen (secondary N) is 1. The quantitative estimate of drug-likeness (QED) is 0.632. The van der Waals surface area contributed by atoms with Gasteiger partial charge in [-0.25, -0.2) is 0 Å². The number of carbonyl (C=O) groups is 2. The Hall–Kier alpha value is -0.600. The minimum atomic E-state index is -0.489. The Labute approximate surface area is 157 Å². The zero-order valence-electron chi connectivity index (χ0n) is 15.0. The maximum Gasteiger partial charge on any atom is 0.240 e. The largest absolute Gasteiger partial charge is 0.383 e. The van der Waals surface area contributed by atoms with E-state index in [-0.39, 0.29) is 42.0 Å². The van der Waals surface area contributed by atoms with E-state index in [0.29, 0.717) is 45.9 Å². The van der Waals surface area contributed by atoms with Crippen LogP contribution in [0.4, 0.5) is 0 Å². The van der Waals surface area contributed by atoms with E-state index in [1.165, 1.54) is 0 Å². The number of halogens is 2. The van der Waals surface area contributed by atoms with Crippen molar-refractivity contribution in [1.82, 2.24) is 15.1 Å². The van der Waals surface area contributed by atoms with Crippen molar-refractivity contribution < 1.29 is 14.3 Å². The Morgan fingerprint density at radius 3 is 2.17 bits per heavy atom. The number of rotatable bonds is 6. The summed E-state index contributed by atoms with van der Waals surface area (Å²) in [6, 6.07) is -0.489. The molecule has 9 heteroatoms. The van der Waals surface area contributed by atoms with Crippen LogP contribution >= 0.6 is 24.8 Å². The lowest BCUT2D eigenvalue weighted by Gasteiger charge is -2.37. The van der Waals surface area contributed by atoms with Gasteiger partial charge in [-0.1, -0.05) is 20.8 Å². The van der Waals surface area contributed by atoms with Crippen molar-refractivity contribution in [2.24, 2.45) is 11.1 Å². The van der Waals surface area contributed by atoms with Crippen molar-refractivity contribution in [2.45, 2.75) is 26.8 Å². The standard InChI is InChI=1S/C15H30N4O3.2ClH/c1-15(2,3)13(16)14(21)19-8-6-18(7-9-19)11-12(20)17-5-10-22-4;;/h13H,5-11,16H2,1-4H3,(H,17,20);2*1H/t13-;;/m1../s1. The van der Waals surface area contributed by atoms with Gasteiger partial charge in [0, 0.05) is 39.8 Å². The van der Waals surface area contributed by atoms with Gasteiger partial charge in [-0.2, -0.15) is 0 Å². The molecule has 1 aliphatic heterocycles. The van der Waals surface area contributed by atoms with Gasteiger partial charge in [-0.05, 0) is 5.41 Å². The molecule has 7 nitrogen and oxygen atoms in total. The molecular weight excluding hydrogens is 355 g/mol. The maximum absolute atomic E-state index is 12.3. The number of methoxy groups -OCH3 is 1. The molecule has 144 valence electrons. The minimum absolute atomic E-state index is 0. The zero-order chi connectivity index (χ0) is 16.8. The molecule has 0 saturated carbocycles. The molecule has 1 atom stereocenters. The number of hydrogen-bond acceptors (Lipinski definition) is 5. The Kier molecular flexibility index (Phi) is 12.7. The zero-order valence-corrected chi connectivity index (χ0v) is 16.7. The van der Waals surface area contributed by atoms with Crippen LogP contribution in [0, 0.1) is 5.41 Å². The van der Waals surface area contributed by atoms with Gasteiger partial charge in [-0.15, -0.1) is 24.8 Å². The van der Waals surface area contributed by atoms with Gasteiger partial charge in [0.15, 0.2) is 0 Å². The smallest absolute Gasteiger partial charge is 0.240 e. The average molecular weight is 387 g/mol. The summed E-state index contributed by atoms with van der Waals surface area (Å²) < 4.78 is 4.89. The first-order valence-corrected chi connectivity index (χ1v) is 7.78. The normalized spacial score (nSPS) is 16.6. The first-order valence-electron chi connectivity index (χ1n) is 7.78. The van der Waals surface area contributed by atoms with Crippen LogP contribution in [0.25, 0.3) is 0 Å². The molecule has 0 aromatic heterocycles. The van der Waals surface area contributed by atoms with Crippen LogP contribution in [0.3, 0.4) is 0 Å². The van der Waals surface area contributed by atoms with E-state index in [2.05, 4.69) is 10.2 Å². The molecule has 0 radical (unpaired) electrons. The third-order valence-corrected chi connectivity index (χ3v) is 3.88. The number of carbonyl (C=O) groups excluding carboxylic acids is 2. The third kappa shape index (κ3) is 8.48. The second-order valence-electron chi connectivity index (χ2n) is 6.79. The van der Waals surface area contributed by atoms with Gasteiger partial charge in [0.05, 0.1) is 19.2 Å². The van der Waals surface area contributed by atoms with Crippen molar-refractivity contribution in [3.63, 3.8) is 0 Å². The molecule has 24 heavy (non-hydrogen) atoms. The van der Waals surface area contributed by atoms with Crippen LogP contribution in [0.1, 0.15) is 20.8 Å². The average Bonchev–Trinajstić information content (AvgIpc) is 2.46. The van der Waals surface area contributed by atoms with E-state index in [1.54, 1.807) is 12.0 Å². The molecule has 1 heterocycles. The van der Waals surface area contributed by atoms with Crippen LogP contribution < -0.4 is 11.1 Å². The molecule has 1 fully saturated rings. The van der Waals surface area contributed by atoms with E-state index in [9.17, 15) is 9.59 Å². The fraction of sp³-hybridized carbons (Fsp3) is 0.867. The van der Waals surface area contributed by atoms with Gasteiger partial charge in [0.2, 0.25) is 11.8 Å². The monoisotopic (exact) mass is 386 g/mol. The number of amides is 2. The molecule has 0 spiro atoms. The topological polar surface area (TPSA) is 87.9 Å². The summed E-state index contributed by atoms with van der Waals surface area (Å²) in [7, 11) is 1.60. The maximum atomic E-state index is 12.3. The summed E-state index contributed by atoms with van der Waals surface area (Å²) in [5, 5.41) is 2.80. The number of ether oxygens (including phenoxy) is 1. The molecule has 3 N–H and O–H groups in total. The highest BCUT2D eigenvalue weighted by Gasteiger charge is 2.32. The Bertz CT molecular complexity index is 383. The molecule has 0 aliphatic carbocycles. The summed E-state index contributed by atoms with van der Waals surface area (Å²) in [4.78, 5) is 27.9. The first kappa shape index (κ1) is 25.6. The highest BCUT2D eigenvalue weighted by molar-refractivity contribution is 5.85. The second-order valence-corrected chi connectivity index (χ2v) is 6.79. The molecule has 2 amide bonds. The molecule has 0 bridgehead atoms. The van der Waals surface area contributed by atoms with E-state index < -0.39 is 6.04 Å². The highest BCUT2D eigenvalue weighted by atomic mass is 35.5. The van der Waals surface area contributed by atoms with Gasteiger partial charge in [0.1, 0.15) is 0 Å². The van der Waals surface area contributed by atoms with E-state index in [1.807, 2.05) is 20.8 Å². The summed E-state index contributed by atoms with van der Waals surface area (Å²) in [6.45, 7) is 9.93. The lowest BCUT2D eigenvalue weighted by molar-refractivity contribution is -0.136. The van der Waals surface area contributed by atoms with Gasteiger partial charge in [0.25, 0.3) is 0 Å². The number of nitrogens with zero attached hydrogens (tertiary/aromatic N) is 2. The van der Waals surface area contributed by atoms with Crippen molar-refractivity contribution in [3.8, 4) is 0 Å². The van der Waals surface area contributed by atoms with Crippen LogP contribution in [0.15, 0.2) is 0 Å². The fourth-order valence-electron chi connectivity index (χ4n) is 2.24. The molecule has 0 unspecified atom stereocenters. The van der Waals surface area contributed by atoms with Gasteiger partial charge < -0.3 is 20.7 Å². The first-order chi connectivity index (χ1) is 10.3. The van der Waals surface area contributed by atoms with Crippen LogP contribution in [0.2, 0.25) is 0 Å². The summed E-state index contributed by atoms with van der Waals surface area (Å²) in [6.07, 6.45) is 0. The molecular formula is C15H32Cl2N4O3. The van der Waals surface area contributed by atoms with E-state index in [4.69, 9.17) is 10.5 Å². The van der Waals surface area contributed by atoms with E-state index in [0.717, 1.165) is 0 Å². The second kappa shape index (κ2) is 11.9. The van der Waals surface area contributed by atoms with Gasteiger partial charge in [-0.3, -0.25) is 14.5 Å². The number of nitrogens with two attached hydrogens (primary N) is 1. The number of piperazine rings is 1. The fourth-order valence-corrected chi connectivity index (χ4v) is 2.24. The Morgan fingerprint density at radius 2 is 1.71 bits per heavy atom. The molecule has 1 rings (SSSR count). The summed E-state index contributed by atoms with van der Waals surface area (Å²) >= 11 is 0. The summed E-state index contributed by atoms with van der Waals surface area (Å²) in [5.41, 5.74) is 5.79. The van der Waals surface area contributed by atoms with Crippen molar-refractivity contribution >= 4 is 36.6 Å². The minimum Gasteiger partial charge on any atom is -0.383 e. The van der Waals surface area contributed by atoms with Crippen LogP contribution in [0.5, 0.6) is 0 Å². The van der Waals surface area contributed by atoms with Crippen molar-refractivity contribution in [3.05, 3.63) is 0 Å². The molecule has 0 aromatic carbocycles. The number of hydrogen-bond donors (Lipinski definition) is 2. The Morgan fingerprint density at radius 1 is 1.17 bits per heavy atom. The highest BCUT2D eigenvalue weighted by Crippen LogP contribution is 2.19. The van der Waals surface area contributed by atoms with Crippen molar-refractivity contribution in [2.75, 3.05) is 53.0 Å². The molecule has 1 saturated heterocycles. The van der Waals surface area contributed by atoms with E-state index >= 15 is 0 Å². The predicted molar refractivity (Wildman–Crippen MR) is 99.8 cm³/mol. The molecule has 1 aliphatic rings. The Balaban J connectivity index is 0. The van der Waals surface area contributed by atoms with Gasteiger partial charge >= 0.3 is 0 Å². The summed E-state index contributed by atoms with van der Waals surface area (Å²) in [5.74, 6) is -0.0140. The predicted octanol–water partition coefficient (Wildman–Crippen LogP) is 0.110. The molecule has 0 aromatic rings. The SMILES string of the molecule is COCCNC(=O)CN1CCN(C(=O)[C@@H](N)C(C)(C)C)CC1.Cl.Cl. The lowest BCUT2D eigenvalue weighted by atomic mass is 9.86. The lowest BCUT2D eigenvalue weighted by Crippen LogP contribution is -2.57. The van der Waals surface area contributed by atoms with Crippen molar-refractivity contribution in [1.29, 1.82) is 0 Å². The van der Waals surface area contributed by atoms with Crippen LogP contribution in [-0.2, 0) is 14.3 Å².